The Labute approximate surface area is 207 Å². The van der Waals surface area contributed by atoms with E-state index in [4.69, 9.17) is 28.2 Å². The second kappa shape index (κ2) is 9.87. The van der Waals surface area contributed by atoms with E-state index in [1.807, 2.05) is 13.1 Å². The largest absolute Gasteiger partial charge is 0.541 e. The molecule has 0 unspecified atom stereocenters. The van der Waals surface area contributed by atoms with E-state index < -0.39 is 18.3 Å². The van der Waals surface area contributed by atoms with Gasteiger partial charge < -0.3 is 15.1 Å². The summed E-state index contributed by atoms with van der Waals surface area (Å²) in [6.45, 7) is 11.8. The first-order valence-electron chi connectivity index (χ1n) is 10.3. The van der Waals surface area contributed by atoms with Crippen LogP contribution in [0.5, 0.6) is 5.75 Å². The molecule has 0 fully saturated rings. The molecule has 0 bridgehead atoms. The lowest BCUT2D eigenvalue weighted by Crippen LogP contribution is -2.44. The van der Waals surface area contributed by atoms with Gasteiger partial charge in [-0.15, -0.1) is 0 Å². The summed E-state index contributed by atoms with van der Waals surface area (Å²) in [5, 5.41) is 5.96. The van der Waals surface area contributed by atoms with E-state index in [-0.39, 0.29) is 31.6 Å². The molecule has 0 atom stereocenters. The maximum Gasteiger partial charge on any atom is 0.250 e. The van der Waals surface area contributed by atoms with E-state index in [0.29, 0.717) is 16.9 Å². The first-order chi connectivity index (χ1) is 15.0. The maximum absolute atomic E-state index is 13.9. The Balaban J connectivity index is 2.60. The molecule has 0 amide bonds. The lowest BCUT2D eigenvalue weighted by molar-refractivity contribution is 0.474. The zero-order chi connectivity index (χ0) is 25.4. The highest BCUT2D eigenvalue weighted by Crippen LogP contribution is 2.44. The molecule has 0 aromatic heterocycles. The van der Waals surface area contributed by atoms with Crippen LogP contribution in [-0.4, -0.2) is 40.2 Å². The fourth-order valence-electron chi connectivity index (χ4n) is 2.59. The van der Waals surface area contributed by atoms with Crippen molar-refractivity contribution < 1.29 is 17.2 Å². The molecule has 0 heterocycles. The Kier molecular flexibility index (Phi) is 8.23. The zero-order valence-corrected chi connectivity index (χ0v) is 23.5. The quantitative estimate of drug-likeness (QED) is 0.340. The average molecular weight is 532 g/mol. The van der Waals surface area contributed by atoms with Gasteiger partial charge in [0, 0.05) is 25.3 Å². The Morgan fingerprint density at radius 2 is 1.70 bits per heavy atom. The van der Waals surface area contributed by atoms with Gasteiger partial charge in [-0.3, -0.25) is 0 Å². The van der Waals surface area contributed by atoms with E-state index in [1.54, 1.807) is 25.1 Å². The molecule has 0 saturated heterocycles. The van der Waals surface area contributed by atoms with Gasteiger partial charge in [0.25, 0.3) is 8.32 Å². The summed E-state index contributed by atoms with van der Waals surface area (Å²) >= 11 is 11.8. The van der Waals surface area contributed by atoms with Crippen LogP contribution in [-0.2, 0) is 10.0 Å². The van der Waals surface area contributed by atoms with Crippen molar-refractivity contribution in [3.63, 3.8) is 0 Å². The molecule has 0 aliphatic carbocycles. The Morgan fingerprint density at radius 1 is 1.12 bits per heavy atom. The normalized spacial score (nSPS) is 12.6. The van der Waals surface area contributed by atoms with E-state index >= 15 is 0 Å². The number of hydrogen-bond donors (Lipinski definition) is 2. The van der Waals surface area contributed by atoms with Gasteiger partial charge >= 0.3 is 0 Å². The van der Waals surface area contributed by atoms with E-state index in [1.165, 1.54) is 26.2 Å². The maximum atomic E-state index is 13.9. The summed E-state index contributed by atoms with van der Waals surface area (Å²) in [5.74, 6) is -0.251. The second-order valence-corrected chi connectivity index (χ2v) is 17.0. The molecule has 2 aromatic rings. The van der Waals surface area contributed by atoms with Crippen LogP contribution in [0.4, 0.5) is 15.8 Å². The molecule has 0 aliphatic rings. The van der Waals surface area contributed by atoms with Crippen molar-refractivity contribution in [2.45, 2.75) is 50.7 Å². The Bertz CT molecular complexity index is 1170. The number of anilines is 2. The minimum Gasteiger partial charge on any atom is -0.541 e. The molecule has 0 spiro atoms. The van der Waals surface area contributed by atoms with Crippen LogP contribution in [0.1, 0.15) is 26.3 Å². The highest BCUT2D eigenvalue weighted by molar-refractivity contribution is 7.89. The molecule has 2 N–H and O–H groups in total. The van der Waals surface area contributed by atoms with Gasteiger partial charge in [-0.25, -0.2) is 17.1 Å². The second-order valence-electron chi connectivity index (χ2n) is 9.39. The number of nitrogens with one attached hydrogen (secondary N) is 2. The van der Waals surface area contributed by atoms with E-state index in [9.17, 15) is 12.8 Å². The smallest absolute Gasteiger partial charge is 0.250 e. The monoisotopic (exact) mass is 531 g/mol. The SMILES string of the molecule is Cc1c(F)cccc1NC(=S)Nc1ccc(Cl)c(S(=O)(=O)N(C)C)c1O[Si](C)(C)C(C)(C)C. The highest BCUT2D eigenvalue weighted by Gasteiger charge is 2.41. The number of hydrogen-bond acceptors (Lipinski definition) is 4. The molecule has 2 rings (SSSR count). The van der Waals surface area contributed by atoms with Gasteiger partial charge in [-0.2, -0.15) is 0 Å². The van der Waals surface area contributed by atoms with E-state index in [0.717, 1.165) is 4.31 Å². The molecular formula is C22H31ClFN3O3S2Si. The van der Waals surface area contributed by atoms with Crippen molar-refractivity contribution >= 4 is 58.6 Å². The Morgan fingerprint density at radius 3 is 2.24 bits per heavy atom. The van der Waals surface area contributed by atoms with Gasteiger partial charge in [-0.1, -0.05) is 38.4 Å². The van der Waals surface area contributed by atoms with Crippen LogP contribution < -0.4 is 15.1 Å². The van der Waals surface area contributed by atoms with Crippen LogP contribution >= 0.6 is 23.8 Å². The lowest BCUT2D eigenvalue weighted by atomic mass is 10.2. The predicted octanol–water partition coefficient (Wildman–Crippen LogP) is 6.23. The fraction of sp³-hybridized carbons (Fsp3) is 0.409. The first-order valence-corrected chi connectivity index (χ1v) is 15.4. The molecule has 6 nitrogen and oxygen atoms in total. The van der Waals surface area contributed by atoms with Crippen LogP contribution in [0.25, 0.3) is 0 Å². The standard InChI is InChI=1S/C22H31ClFN3O3S2Si/c1-14-16(24)10-9-11-17(14)25-21(31)26-18-13-12-15(23)20(32(28,29)27(5)6)19(18)30-33(7,8)22(2,3)4/h9-13H,1-8H3,(H2,25,26,31). The number of nitrogens with zero attached hydrogens (tertiary/aromatic N) is 1. The fourth-order valence-corrected chi connectivity index (χ4v) is 5.42. The number of halogens is 2. The molecule has 0 saturated carbocycles. The van der Waals surface area contributed by atoms with Crippen molar-refractivity contribution in [2.24, 2.45) is 0 Å². The van der Waals surface area contributed by atoms with Gasteiger partial charge in [0.2, 0.25) is 10.0 Å². The zero-order valence-electron chi connectivity index (χ0n) is 20.1. The molecule has 0 radical (unpaired) electrons. The molecule has 33 heavy (non-hydrogen) atoms. The summed E-state index contributed by atoms with van der Waals surface area (Å²) < 4.78 is 47.8. The van der Waals surface area contributed by atoms with Gasteiger partial charge in [0.05, 0.1) is 10.7 Å². The van der Waals surface area contributed by atoms with Gasteiger partial charge in [0.15, 0.2) is 5.11 Å². The van der Waals surface area contributed by atoms with Crippen LogP contribution in [0, 0.1) is 12.7 Å². The summed E-state index contributed by atoms with van der Waals surface area (Å²) in [6, 6.07) is 7.73. The number of sulfonamides is 1. The molecule has 182 valence electrons. The number of benzene rings is 2. The van der Waals surface area contributed by atoms with Gasteiger partial charge in [0.1, 0.15) is 16.5 Å². The lowest BCUT2D eigenvalue weighted by Gasteiger charge is -2.37. The highest BCUT2D eigenvalue weighted by atomic mass is 35.5. The predicted molar refractivity (Wildman–Crippen MR) is 141 cm³/mol. The number of thiocarbonyl (C=S) groups is 1. The summed E-state index contributed by atoms with van der Waals surface area (Å²) in [7, 11) is -3.56. The van der Waals surface area contributed by atoms with Crippen molar-refractivity contribution in [3.05, 3.63) is 46.7 Å². The minimum atomic E-state index is -3.94. The van der Waals surface area contributed by atoms with Gasteiger partial charge in [-0.05, 0) is 61.5 Å². The molecule has 2 aromatic carbocycles. The third-order valence-electron chi connectivity index (χ3n) is 5.73. The summed E-state index contributed by atoms with van der Waals surface area (Å²) in [4.78, 5) is -0.131. The third-order valence-corrected chi connectivity index (χ3v) is 12.6. The van der Waals surface area contributed by atoms with E-state index in [2.05, 4.69) is 31.4 Å². The van der Waals surface area contributed by atoms with Crippen LogP contribution in [0.2, 0.25) is 23.2 Å². The first kappa shape index (κ1) is 27.5. The Hall–Kier alpha value is -1.72. The minimum absolute atomic E-state index is 0.0443. The number of rotatable bonds is 6. The third kappa shape index (κ3) is 6.05. The van der Waals surface area contributed by atoms with Crippen molar-refractivity contribution in [1.29, 1.82) is 0 Å². The summed E-state index contributed by atoms with van der Waals surface area (Å²) in [5.41, 5.74) is 1.25. The summed E-state index contributed by atoms with van der Waals surface area (Å²) in [6.07, 6.45) is 0. The molecular weight excluding hydrogens is 501 g/mol. The topological polar surface area (TPSA) is 70.7 Å². The van der Waals surface area contributed by atoms with Crippen LogP contribution in [0.3, 0.4) is 0 Å². The van der Waals surface area contributed by atoms with Crippen LogP contribution in [0.15, 0.2) is 35.2 Å². The van der Waals surface area contributed by atoms with Crippen molar-refractivity contribution in [1.82, 2.24) is 4.31 Å². The molecule has 11 heteroatoms. The van der Waals surface area contributed by atoms with Crippen molar-refractivity contribution in [2.75, 3.05) is 24.7 Å². The average Bonchev–Trinajstić information content (AvgIpc) is 2.66. The van der Waals surface area contributed by atoms with Crippen molar-refractivity contribution in [3.8, 4) is 5.75 Å². The molecule has 0 aliphatic heterocycles.